The van der Waals surface area contributed by atoms with Crippen molar-refractivity contribution in [3.63, 3.8) is 0 Å². The third kappa shape index (κ3) is 4.79. The summed E-state index contributed by atoms with van der Waals surface area (Å²) >= 11 is 0. The number of carbonyl (C=O) groups is 2. The van der Waals surface area contributed by atoms with Crippen molar-refractivity contribution in [3.8, 4) is 0 Å². The number of carbonyl (C=O) groups excluding carboxylic acids is 2. The van der Waals surface area contributed by atoms with Crippen LogP contribution in [-0.4, -0.2) is 51.0 Å². The molecule has 8 nitrogen and oxygen atoms in total. The van der Waals surface area contributed by atoms with E-state index in [-0.39, 0.29) is 30.5 Å². The summed E-state index contributed by atoms with van der Waals surface area (Å²) in [7, 11) is -3.08. The van der Waals surface area contributed by atoms with Crippen LogP contribution in [0.3, 0.4) is 0 Å². The Morgan fingerprint density at radius 1 is 1.31 bits per heavy atom. The van der Waals surface area contributed by atoms with Gasteiger partial charge < -0.3 is 16.0 Å². The number of hydrogen-bond donors (Lipinski definition) is 3. The number of nitrogens with one attached hydrogen (secondary N) is 2. The molecule has 0 aliphatic carbocycles. The predicted octanol–water partition coefficient (Wildman–Crippen LogP) is 0.456. The largest absolute Gasteiger partial charge is 0.398 e. The van der Waals surface area contributed by atoms with E-state index in [1.165, 1.54) is 0 Å². The van der Waals surface area contributed by atoms with Gasteiger partial charge in [-0.05, 0) is 37.0 Å². The molecule has 0 bridgehead atoms. The highest BCUT2D eigenvalue weighted by atomic mass is 35.5. The number of benzene rings is 1. The van der Waals surface area contributed by atoms with Crippen LogP contribution in [0.15, 0.2) is 18.2 Å². The molecule has 1 aromatic rings. The average molecular weight is 403 g/mol. The number of sulfone groups is 1. The van der Waals surface area contributed by atoms with Crippen molar-refractivity contribution in [2.24, 2.45) is 0 Å². The van der Waals surface area contributed by atoms with E-state index >= 15 is 0 Å². The first kappa shape index (κ1) is 20.3. The second-order valence-electron chi connectivity index (χ2n) is 6.49. The minimum Gasteiger partial charge on any atom is -0.398 e. The highest BCUT2D eigenvalue weighted by Gasteiger charge is 2.29. The van der Waals surface area contributed by atoms with Gasteiger partial charge in [0.15, 0.2) is 9.84 Å². The number of hydrogen-bond acceptors (Lipinski definition) is 6. The fourth-order valence-corrected chi connectivity index (χ4v) is 5.04. The Kier molecular flexibility index (Phi) is 6.35. The quantitative estimate of drug-likeness (QED) is 0.631. The Labute approximate surface area is 158 Å². The molecule has 3 amide bonds. The van der Waals surface area contributed by atoms with Crippen LogP contribution in [-0.2, 0) is 21.1 Å². The molecular weight excluding hydrogens is 380 g/mol. The van der Waals surface area contributed by atoms with Crippen molar-refractivity contribution in [3.05, 3.63) is 23.8 Å². The molecule has 0 spiro atoms. The zero-order valence-corrected chi connectivity index (χ0v) is 15.9. The van der Waals surface area contributed by atoms with E-state index < -0.39 is 27.8 Å². The molecule has 2 heterocycles. The van der Waals surface area contributed by atoms with Gasteiger partial charge in [-0.2, -0.15) is 0 Å². The Hall–Kier alpha value is -2.00. The normalized spacial score (nSPS) is 20.6. The summed E-state index contributed by atoms with van der Waals surface area (Å²) in [5.41, 5.74) is 8.65. The molecule has 1 fully saturated rings. The lowest BCUT2D eigenvalue weighted by atomic mass is 10.00. The van der Waals surface area contributed by atoms with E-state index in [2.05, 4.69) is 10.6 Å². The number of nitrogens with two attached hydrogens (primary N) is 1. The van der Waals surface area contributed by atoms with Crippen molar-refractivity contribution in [1.29, 1.82) is 0 Å². The van der Waals surface area contributed by atoms with Crippen molar-refractivity contribution >= 4 is 45.6 Å². The summed E-state index contributed by atoms with van der Waals surface area (Å²) in [5.74, 6) is -0.445. The first-order chi connectivity index (χ1) is 11.8. The monoisotopic (exact) mass is 402 g/mol. The van der Waals surface area contributed by atoms with E-state index in [0.29, 0.717) is 18.7 Å². The lowest BCUT2D eigenvalue weighted by molar-refractivity contribution is -0.118. The molecular formula is C16H23ClN4O4S. The SMILES string of the molecule is Cl.Nc1cccc2c1CCCN2CC(=O)NC(=O)NC1CCS(=O)(=O)C1. The van der Waals surface area contributed by atoms with Crippen LogP contribution in [0.5, 0.6) is 0 Å². The maximum absolute atomic E-state index is 12.2. The minimum absolute atomic E-state index is 0. The van der Waals surface area contributed by atoms with Crippen LogP contribution in [0.25, 0.3) is 0 Å². The number of urea groups is 1. The maximum atomic E-state index is 12.2. The van der Waals surface area contributed by atoms with E-state index in [0.717, 1.165) is 24.1 Å². The van der Waals surface area contributed by atoms with Crippen LogP contribution < -0.4 is 21.3 Å². The van der Waals surface area contributed by atoms with Crippen LogP contribution in [0.1, 0.15) is 18.4 Å². The van der Waals surface area contributed by atoms with Crippen molar-refractivity contribution in [2.75, 3.05) is 35.2 Å². The van der Waals surface area contributed by atoms with E-state index in [1.807, 2.05) is 23.1 Å². The molecule has 1 unspecified atom stereocenters. The number of nitrogens with zero attached hydrogens (tertiary/aromatic N) is 1. The molecule has 2 aliphatic heterocycles. The fraction of sp³-hybridized carbons (Fsp3) is 0.500. The summed E-state index contributed by atoms with van der Waals surface area (Å²) in [6, 6.07) is 4.51. The molecule has 26 heavy (non-hydrogen) atoms. The molecule has 4 N–H and O–H groups in total. The van der Waals surface area contributed by atoms with Crippen LogP contribution in [0.2, 0.25) is 0 Å². The van der Waals surface area contributed by atoms with Crippen molar-refractivity contribution in [2.45, 2.75) is 25.3 Å². The molecule has 0 saturated carbocycles. The third-order valence-corrected chi connectivity index (χ3v) is 6.31. The van der Waals surface area contributed by atoms with Crippen LogP contribution >= 0.6 is 12.4 Å². The van der Waals surface area contributed by atoms with E-state index in [9.17, 15) is 18.0 Å². The Bertz CT molecular complexity index is 799. The molecule has 10 heteroatoms. The summed E-state index contributed by atoms with van der Waals surface area (Å²) in [5, 5.41) is 4.81. The number of rotatable bonds is 3. The zero-order chi connectivity index (χ0) is 18.0. The first-order valence-corrected chi connectivity index (χ1v) is 10.1. The van der Waals surface area contributed by atoms with Crippen LogP contribution in [0.4, 0.5) is 16.2 Å². The molecule has 1 saturated heterocycles. The zero-order valence-electron chi connectivity index (χ0n) is 14.2. The number of anilines is 2. The molecule has 1 atom stereocenters. The standard InChI is InChI=1S/C16H22N4O4S.ClH/c17-13-4-1-5-14-12(13)3-2-7-20(14)9-15(21)19-16(22)18-11-6-8-25(23,24)10-11;/h1,4-5,11H,2-3,6-10,17H2,(H2,18,19,21,22);1H. The van der Waals surface area contributed by atoms with Gasteiger partial charge in [0.2, 0.25) is 5.91 Å². The highest BCUT2D eigenvalue weighted by Crippen LogP contribution is 2.30. The molecule has 3 rings (SSSR count). The second-order valence-corrected chi connectivity index (χ2v) is 8.72. The topological polar surface area (TPSA) is 122 Å². The molecule has 2 aliphatic rings. The van der Waals surface area contributed by atoms with Gasteiger partial charge in [0.05, 0.1) is 18.1 Å². The van der Waals surface area contributed by atoms with Gasteiger partial charge in [0.25, 0.3) is 0 Å². The Morgan fingerprint density at radius 3 is 2.77 bits per heavy atom. The number of nitrogen functional groups attached to an aromatic ring is 1. The highest BCUT2D eigenvalue weighted by molar-refractivity contribution is 7.91. The number of imide groups is 1. The minimum atomic E-state index is -3.08. The van der Waals surface area contributed by atoms with Crippen LogP contribution in [0, 0.1) is 0 Å². The molecule has 0 radical (unpaired) electrons. The molecule has 1 aromatic carbocycles. The maximum Gasteiger partial charge on any atom is 0.321 e. The van der Waals surface area contributed by atoms with Crippen molar-refractivity contribution in [1.82, 2.24) is 10.6 Å². The van der Waals surface area contributed by atoms with E-state index in [1.54, 1.807) is 0 Å². The summed E-state index contributed by atoms with van der Waals surface area (Å²) in [4.78, 5) is 25.9. The second kappa shape index (κ2) is 8.13. The molecule has 0 aromatic heterocycles. The number of halogens is 1. The Morgan fingerprint density at radius 2 is 2.08 bits per heavy atom. The summed E-state index contributed by atoms with van der Waals surface area (Å²) in [6.07, 6.45) is 2.14. The smallest absolute Gasteiger partial charge is 0.321 e. The third-order valence-electron chi connectivity index (χ3n) is 4.54. The first-order valence-electron chi connectivity index (χ1n) is 8.27. The van der Waals surface area contributed by atoms with Gasteiger partial charge >= 0.3 is 6.03 Å². The number of amides is 3. The average Bonchev–Trinajstić information content (AvgIpc) is 2.86. The lowest BCUT2D eigenvalue weighted by Gasteiger charge is -2.31. The van der Waals surface area contributed by atoms with Gasteiger partial charge in [-0.25, -0.2) is 13.2 Å². The van der Waals surface area contributed by atoms with Gasteiger partial charge in [-0.15, -0.1) is 12.4 Å². The van der Waals surface area contributed by atoms with Gasteiger partial charge in [-0.3, -0.25) is 10.1 Å². The number of fused-ring (bicyclic) bond motifs is 1. The fourth-order valence-electron chi connectivity index (χ4n) is 3.36. The summed E-state index contributed by atoms with van der Waals surface area (Å²) in [6.45, 7) is 0.763. The predicted molar refractivity (Wildman–Crippen MR) is 102 cm³/mol. The van der Waals surface area contributed by atoms with Gasteiger partial charge in [-0.1, -0.05) is 6.07 Å². The van der Waals surface area contributed by atoms with Gasteiger partial charge in [0.1, 0.15) is 0 Å². The Balaban J connectivity index is 0.00000243. The van der Waals surface area contributed by atoms with Gasteiger partial charge in [0, 0.05) is 24.0 Å². The molecule has 144 valence electrons. The lowest BCUT2D eigenvalue weighted by Crippen LogP contribution is -2.48. The van der Waals surface area contributed by atoms with E-state index in [4.69, 9.17) is 5.73 Å². The summed E-state index contributed by atoms with van der Waals surface area (Å²) < 4.78 is 22.8. The van der Waals surface area contributed by atoms with Crippen molar-refractivity contribution < 1.29 is 18.0 Å².